The Balaban J connectivity index is 2.29. The van der Waals surface area contributed by atoms with Crippen LogP contribution in [-0.2, 0) is 15.2 Å². The maximum Gasteiger partial charge on any atom is 0.428 e. The van der Waals surface area contributed by atoms with Crippen LogP contribution < -0.4 is 5.48 Å². The van der Waals surface area contributed by atoms with Gasteiger partial charge in [0.1, 0.15) is 0 Å². The number of hydrogen-bond acceptors (Lipinski definition) is 5. The van der Waals surface area contributed by atoms with Gasteiger partial charge in [-0.15, -0.1) is 0 Å². The van der Waals surface area contributed by atoms with Crippen LogP contribution in [-0.4, -0.2) is 30.5 Å². The molecule has 1 aliphatic rings. The van der Waals surface area contributed by atoms with Gasteiger partial charge in [-0.05, 0) is 49.7 Å². The summed E-state index contributed by atoms with van der Waals surface area (Å²) in [5.74, 6) is -0.581. The van der Waals surface area contributed by atoms with E-state index in [0.29, 0.717) is 5.56 Å². The van der Waals surface area contributed by atoms with Crippen molar-refractivity contribution < 1.29 is 32.6 Å². The Morgan fingerprint density at radius 2 is 1.81 bits per heavy atom. The third kappa shape index (κ3) is 4.01. The van der Waals surface area contributed by atoms with Crippen LogP contribution >= 0.6 is 23.2 Å². The van der Waals surface area contributed by atoms with Crippen molar-refractivity contribution in [3.8, 4) is 0 Å². The Bertz CT molecular complexity index is 1050. The Morgan fingerprint density at radius 1 is 1.19 bits per heavy atom. The zero-order valence-corrected chi connectivity index (χ0v) is 18.1. The van der Waals surface area contributed by atoms with E-state index in [1.54, 1.807) is 6.92 Å². The molecule has 2 atom stereocenters. The van der Waals surface area contributed by atoms with Gasteiger partial charge >= 0.3 is 12.1 Å². The zero-order valence-electron chi connectivity index (χ0n) is 16.6. The number of halogens is 5. The SMILES string of the molecule is COC(=O)c1ccc(C2=C(C(C)O)C(c3cc(Cl)cc(Cl)c3)(C(F)(F)F)ON2)cc1C. The number of aliphatic hydroxyl groups excluding tert-OH is 1. The number of nitrogens with one attached hydrogen (secondary N) is 1. The van der Waals surface area contributed by atoms with E-state index in [0.717, 1.165) is 12.1 Å². The van der Waals surface area contributed by atoms with Crippen LogP contribution in [0.4, 0.5) is 13.2 Å². The first-order chi connectivity index (χ1) is 14.4. The molecule has 1 aliphatic heterocycles. The molecule has 31 heavy (non-hydrogen) atoms. The van der Waals surface area contributed by atoms with Crippen molar-refractivity contribution in [1.82, 2.24) is 5.48 Å². The Labute approximate surface area is 186 Å². The van der Waals surface area contributed by atoms with Crippen LogP contribution in [0.1, 0.15) is 34.0 Å². The van der Waals surface area contributed by atoms with E-state index in [1.165, 1.54) is 38.3 Å². The number of hydroxylamine groups is 1. The summed E-state index contributed by atoms with van der Waals surface area (Å²) in [4.78, 5) is 17.0. The van der Waals surface area contributed by atoms with Gasteiger partial charge in [-0.3, -0.25) is 10.3 Å². The first-order valence-corrected chi connectivity index (χ1v) is 9.77. The molecule has 1 heterocycles. The summed E-state index contributed by atoms with van der Waals surface area (Å²) in [5, 5.41) is 10.4. The van der Waals surface area contributed by atoms with Gasteiger partial charge in [0.25, 0.3) is 0 Å². The lowest BCUT2D eigenvalue weighted by atomic mass is 9.81. The monoisotopic (exact) mass is 475 g/mol. The van der Waals surface area contributed by atoms with Crippen molar-refractivity contribution in [1.29, 1.82) is 0 Å². The second-order valence-electron chi connectivity index (χ2n) is 7.03. The molecule has 166 valence electrons. The van der Waals surface area contributed by atoms with E-state index in [9.17, 15) is 23.1 Å². The molecule has 3 rings (SSSR count). The Kier molecular flexibility index (Phi) is 6.30. The standard InChI is InChI=1S/C21H18Cl2F3NO4/c1-10-6-12(4-5-16(10)19(29)30-3)18-17(11(2)28)20(31-27-18,21(24,25)26)13-7-14(22)9-15(23)8-13/h4-9,11,27-28H,1-3H3. The summed E-state index contributed by atoms with van der Waals surface area (Å²) in [6, 6.07) is 7.82. The summed E-state index contributed by atoms with van der Waals surface area (Å²) in [7, 11) is 1.23. The highest BCUT2D eigenvalue weighted by Crippen LogP contribution is 2.53. The summed E-state index contributed by atoms with van der Waals surface area (Å²) in [6.07, 6.45) is -6.55. The van der Waals surface area contributed by atoms with E-state index < -0.39 is 29.4 Å². The third-order valence-electron chi connectivity index (χ3n) is 4.96. The molecule has 0 aromatic heterocycles. The van der Waals surface area contributed by atoms with Crippen molar-refractivity contribution in [2.24, 2.45) is 0 Å². The molecule has 2 unspecified atom stereocenters. The number of benzene rings is 2. The van der Waals surface area contributed by atoms with Crippen LogP contribution in [0, 0.1) is 6.92 Å². The summed E-state index contributed by atoms with van der Waals surface area (Å²) in [6.45, 7) is 2.82. The fourth-order valence-corrected chi connectivity index (χ4v) is 4.16. The van der Waals surface area contributed by atoms with Gasteiger partial charge in [0, 0.05) is 26.7 Å². The van der Waals surface area contributed by atoms with E-state index in [2.05, 4.69) is 5.48 Å². The molecule has 0 fully saturated rings. The lowest BCUT2D eigenvalue weighted by molar-refractivity contribution is -0.276. The number of carbonyl (C=O) groups is 1. The summed E-state index contributed by atoms with van der Waals surface area (Å²) < 4.78 is 48.2. The van der Waals surface area contributed by atoms with Crippen molar-refractivity contribution in [3.63, 3.8) is 0 Å². The number of alkyl halides is 3. The molecule has 2 aromatic carbocycles. The van der Waals surface area contributed by atoms with Gasteiger partial charge in [0.05, 0.1) is 24.5 Å². The van der Waals surface area contributed by atoms with Gasteiger partial charge < -0.3 is 9.84 Å². The molecular formula is C21H18Cl2F3NO4. The van der Waals surface area contributed by atoms with Crippen LogP contribution in [0.15, 0.2) is 42.0 Å². The highest BCUT2D eigenvalue weighted by Gasteiger charge is 2.65. The molecule has 0 saturated heterocycles. The molecule has 5 nitrogen and oxygen atoms in total. The van der Waals surface area contributed by atoms with Gasteiger partial charge in [0.2, 0.25) is 5.60 Å². The van der Waals surface area contributed by atoms with Gasteiger partial charge in [0.15, 0.2) is 0 Å². The molecule has 0 radical (unpaired) electrons. The summed E-state index contributed by atoms with van der Waals surface area (Å²) >= 11 is 11.9. The normalized spacial score (nSPS) is 19.9. The average Bonchev–Trinajstić information content (AvgIpc) is 3.08. The van der Waals surface area contributed by atoms with Crippen LogP contribution in [0.3, 0.4) is 0 Å². The molecule has 0 aliphatic carbocycles. The zero-order chi connectivity index (χ0) is 23.1. The molecule has 10 heteroatoms. The second-order valence-corrected chi connectivity index (χ2v) is 7.90. The predicted molar refractivity (Wildman–Crippen MR) is 110 cm³/mol. The smallest absolute Gasteiger partial charge is 0.428 e. The average molecular weight is 476 g/mol. The number of rotatable bonds is 4. The highest BCUT2D eigenvalue weighted by atomic mass is 35.5. The fourth-order valence-electron chi connectivity index (χ4n) is 3.63. The fraction of sp³-hybridized carbons (Fsp3) is 0.286. The van der Waals surface area contributed by atoms with Crippen LogP contribution in [0.5, 0.6) is 0 Å². The van der Waals surface area contributed by atoms with Gasteiger partial charge in [-0.25, -0.2) is 4.79 Å². The van der Waals surface area contributed by atoms with Crippen molar-refractivity contribution in [3.05, 3.63) is 74.3 Å². The third-order valence-corrected chi connectivity index (χ3v) is 5.40. The van der Waals surface area contributed by atoms with E-state index in [4.69, 9.17) is 32.8 Å². The topological polar surface area (TPSA) is 67.8 Å². The summed E-state index contributed by atoms with van der Waals surface area (Å²) in [5.41, 5.74) is -0.648. The number of aliphatic hydroxyl groups is 1. The first-order valence-electron chi connectivity index (χ1n) is 9.01. The maximum atomic E-state index is 14.5. The number of hydrogen-bond donors (Lipinski definition) is 2. The van der Waals surface area contributed by atoms with Crippen molar-refractivity contribution in [2.75, 3.05) is 7.11 Å². The molecular weight excluding hydrogens is 458 g/mol. The maximum absolute atomic E-state index is 14.5. The Hall–Kier alpha value is -2.26. The number of carbonyl (C=O) groups excluding carboxylic acids is 1. The van der Waals surface area contributed by atoms with E-state index >= 15 is 0 Å². The molecule has 0 bridgehead atoms. The van der Waals surface area contributed by atoms with Gasteiger partial charge in [-0.1, -0.05) is 29.3 Å². The molecule has 0 amide bonds. The van der Waals surface area contributed by atoms with Crippen LogP contribution in [0.25, 0.3) is 5.70 Å². The number of ether oxygens (including phenoxy) is 1. The predicted octanol–water partition coefficient (Wildman–Crippen LogP) is 5.17. The van der Waals surface area contributed by atoms with Gasteiger partial charge in [-0.2, -0.15) is 13.2 Å². The minimum absolute atomic E-state index is 0.0219. The van der Waals surface area contributed by atoms with Crippen molar-refractivity contribution in [2.45, 2.75) is 31.7 Å². The molecule has 0 spiro atoms. The minimum Gasteiger partial charge on any atom is -0.465 e. The van der Waals surface area contributed by atoms with Crippen molar-refractivity contribution >= 4 is 34.9 Å². The number of aryl methyl sites for hydroxylation is 1. The minimum atomic E-state index is -4.98. The largest absolute Gasteiger partial charge is 0.465 e. The lowest BCUT2D eigenvalue weighted by Crippen LogP contribution is -2.47. The Morgan fingerprint density at radius 3 is 2.29 bits per heavy atom. The quantitative estimate of drug-likeness (QED) is 0.596. The van der Waals surface area contributed by atoms with Crippen LogP contribution in [0.2, 0.25) is 10.0 Å². The molecule has 2 N–H and O–H groups in total. The number of esters is 1. The van der Waals surface area contributed by atoms with E-state index in [-0.39, 0.29) is 32.4 Å². The lowest BCUT2D eigenvalue weighted by Gasteiger charge is -2.34. The second kappa shape index (κ2) is 8.35. The first kappa shape index (κ1) is 23.4. The number of methoxy groups -OCH3 is 1. The highest BCUT2D eigenvalue weighted by molar-refractivity contribution is 6.34. The van der Waals surface area contributed by atoms with E-state index in [1.807, 2.05) is 0 Å². The molecule has 0 saturated carbocycles. The molecule has 2 aromatic rings.